The molecule has 0 spiro atoms. The Kier molecular flexibility index (Phi) is 5.67. The maximum Gasteiger partial charge on any atom is 0.240 e. The van der Waals surface area contributed by atoms with Crippen molar-refractivity contribution in [1.82, 2.24) is 10.0 Å². The summed E-state index contributed by atoms with van der Waals surface area (Å²) in [7, 11) is -3.58. The topological polar surface area (TPSA) is 99.1 Å². The molecule has 7 heteroatoms. The number of sulfonamides is 1. The summed E-state index contributed by atoms with van der Waals surface area (Å²) < 4.78 is 26.4. The van der Waals surface area contributed by atoms with Gasteiger partial charge in [-0.25, -0.2) is 13.1 Å². The van der Waals surface area contributed by atoms with E-state index in [1.165, 1.54) is 0 Å². The minimum absolute atomic E-state index is 0.0758. The number of nitriles is 1. The van der Waals surface area contributed by atoms with E-state index in [1.807, 2.05) is 13.8 Å². The Bertz CT molecular complexity index is 633. The Hall–Kier alpha value is -1.91. The highest BCUT2D eigenvalue weighted by molar-refractivity contribution is 7.89. The molecule has 0 saturated heterocycles. The normalized spacial score (nSPS) is 10.8. The zero-order valence-corrected chi connectivity index (χ0v) is 12.3. The largest absolute Gasteiger partial charge is 0.354 e. The van der Waals surface area contributed by atoms with Crippen molar-refractivity contribution in [3.05, 3.63) is 29.3 Å². The molecule has 0 heterocycles. The lowest BCUT2D eigenvalue weighted by Crippen LogP contribution is -2.34. The van der Waals surface area contributed by atoms with Crippen LogP contribution in [0.1, 0.15) is 17.5 Å². The number of carbonyl (C=O) groups excluding carboxylic acids is 1. The zero-order valence-electron chi connectivity index (χ0n) is 11.4. The maximum atomic E-state index is 12.0. The van der Waals surface area contributed by atoms with Crippen LogP contribution in [0.5, 0.6) is 0 Å². The summed E-state index contributed by atoms with van der Waals surface area (Å²) in [6, 6.07) is 6.60. The average Bonchev–Trinajstić information content (AvgIpc) is 2.38. The molecule has 20 heavy (non-hydrogen) atoms. The highest BCUT2D eigenvalue weighted by Gasteiger charge is 2.13. The van der Waals surface area contributed by atoms with Crippen molar-refractivity contribution in [1.29, 1.82) is 5.26 Å². The third-order valence-corrected chi connectivity index (χ3v) is 4.23. The molecular weight excluding hydrogens is 278 g/mol. The van der Waals surface area contributed by atoms with Crippen LogP contribution in [0.3, 0.4) is 0 Å². The molecule has 6 nitrogen and oxygen atoms in total. The van der Waals surface area contributed by atoms with Gasteiger partial charge < -0.3 is 5.32 Å². The zero-order chi connectivity index (χ0) is 15.2. The van der Waals surface area contributed by atoms with Crippen LogP contribution < -0.4 is 10.0 Å². The molecule has 0 bridgehead atoms. The maximum absolute atomic E-state index is 12.0. The second kappa shape index (κ2) is 7.03. The fourth-order valence-corrected chi connectivity index (χ4v) is 2.60. The number of carbonyl (C=O) groups is 1. The van der Waals surface area contributed by atoms with Crippen molar-refractivity contribution in [3.8, 4) is 6.07 Å². The van der Waals surface area contributed by atoms with Gasteiger partial charge in [0.2, 0.25) is 15.9 Å². The van der Waals surface area contributed by atoms with Gasteiger partial charge in [0.05, 0.1) is 11.0 Å². The molecule has 0 aromatic heterocycles. The number of nitrogens with one attached hydrogen (secondary N) is 2. The molecule has 0 fully saturated rings. The number of benzene rings is 1. The van der Waals surface area contributed by atoms with Crippen LogP contribution in [-0.4, -0.2) is 27.4 Å². The molecular formula is C13H17N3O3S. The van der Waals surface area contributed by atoms with Crippen molar-refractivity contribution in [2.75, 3.05) is 13.1 Å². The van der Waals surface area contributed by atoms with E-state index in [0.717, 1.165) is 11.1 Å². The first-order valence-electron chi connectivity index (χ1n) is 6.07. The number of hydrogen-bond acceptors (Lipinski definition) is 4. The first-order chi connectivity index (χ1) is 9.36. The lowest BCUT2D eigenvalue weighted by molar-refractivity contribution is -0.120. The second-order valence-corrected chi connectivity index (χ2v) is 6.10. The van der Waals surface area contributed by atoms with Gasteiger partial charge in [-0.3, -0.25) is 4.79 Å². The van der Waals surface area contributed by atoms with Gasteiger partial charge in [-0.2, -0.15) is 5.26 Å². The molecule has 0 aliphatic rings. The number of nitrogens with zero attached hydrogens (tertiary/aromatic N) is 1. The Morgan fingerprint density at radius 1 is 1.25 bits per heavy atom. The predicted molar refractivity (Wildman–Crippen MR) is 74.3 cm³/mol. The lowest BCUT2D eigenvalue weighted by atomic mass is 10.1. The summed E-state index contributed by atoms with van der Waals surface area (Å²) >= 11 is 0. The molecule has 0 aliphatic heterocycles. The van der Waals surface area contributed by atoms with Crippen LogP contribution in [-0.2, 0) is 14.8 Å². The molecule has 1 aromatic carbocycles. The highest BCUT2D eigenvalue weighted by Crippen LogP contribution is 2.14. The smallest absolute Gasteiger partial charge is 0.240 e. The third kappa shape index (κ3) is 4.64. The summed E-state index contributed by atoms with van der Waals surface area (Å²) in [6.45, 7) is 3.97. The minimum atomic E-state index is -3.58. The van der Waals surface area contributed by atoms with Gasteiger partial charge in [0.25, 0.3) is 0 Å². The number of rotatable bonds is 6. The van der Waals surface area contributed by atoms with E-state index in [1.54, 1.807) is 24.3 Å². The number of hydrogen-bond donors (Lipinski definition) is 2. The van der Waals surface area contributed by atoms with Crippen LogP contribution in [0.15, 0.2) is 23.1 Å². The second-order valence-electron chi connectivity index (χ2n) is 4.33. The van der Waals surface area contributed by atoms with Crippen LogP contribution >= 0.6 is 0 Å². The van der Waals surface area contributed by atoms with Crippen LogP contribution in [0.25, 0.3) is 0 Å². The predicted octanol–water partition coefficient (Wildman–Crippen LogP) is 0.612. The van der Waals surface area contributed by atoms with Crippen LogP contribution in [0.2, 0.25) is 0 Å². The average molecular weight is 295 g/mol. The summed E-state index contributed by atoms with van der Waals surface area (Å²) in [5.41, 5.74) is 1.92. The number of aryl methyl sites for hydroxylation is 2. The molecule has 0 unspecified atom stereocenters. The molecule has 0 atom stereocenters. The van der Waals surface area contributed by atoms with E-state index in [9.17, 15) is 13.2 Å². The summed E-state index contributed by atoms with van der Waals surface area (Å²) in [5.74, 6) is -0.419. The summed E-state index contributed by atoms with van der Waals surface area (Å²) in [6.07, 6.45) is -0.232. The standard InChI is InChI=1S/C13H17N3O3S/c1-10-3-4-12(9-11(10)2)20(18,19)16-8-7-15-13(17)5-6-14/h3-4,9,16H,5,7-8H2,1-2H3,(H,15,17). The number of amides is 1. The summed E-state index contributed by atoms with van der Waals surface area (Å²) in [4.78, 5) is 11.2. The first-order valence-corrected chi connectivity index (χ1v) is 7.55. The van der Waals surface area contributed by atoms with E-state index >= 15 is 0 Å². The van der Waals surface area contributed by atoms with Crippen molar-refractivity contribution in [2.24, 2.45) is 0 Å². The fraction of sp³-hybridized carbons (Fsp3) is 0.385. The molecule has 0 radical (unpaired) electrons. The van der Waals surface area contributed by atoms with E-state index in [0.29, 0.717) is 0 Å². The monoisotopic (exact) mass is 295 g/mol. The highest BCUT2D eigenvalue weighted by atomic mass is 32.2. The van der Waals surface area contributed by atoms with Gasteiger partial charge in [-0.15, -0.1) is 0 Å². The molecule has 0 aliphatic carbocycles. The molecule has 1 rings (SSSR count). The molecule has 2 N–H and O–H groups in total. The van der Waals surface area contributed by atoms with Crippen molar-refractivity contribution >= 4 is 15.9 Å². The summed E-state index contributed by atoms with van der Waals surface area (Å²) in [5, 5.41) is 10.7. The Labute approximate surface area is 118 Å². The molecule has 1 aromatic rings. The van der Waals surface area contributed by atoms with Gasteiger partial charge in [-0.1, -0.05) is 6.07 Å². The fourth-order valence-electron chi connectivity index (χ4n) is 1.49. The molecule has 1 amide bonds. The van der Waals surface area contributed by atoms with E-state index in [4.69, 9.17) is 5.26 Å². The van der Waals surface area contributed by atoms with Crippen molar-refractivity contribution < 1.29 is 13.2 Å². The Morgan fingerprint density at radius 2 is 1.95 bits per heavy atom. The van der Waals surface area contributed by atoms with Gasteiger partial charge in [-0.05, 0) is 37.1 Å². The van der Waals surface area contributed by atoms with Crippen LogP contribution in [0, 0.1) is 25.2 Å². The Balaban J connectivity index is 2.56. The third-order valence-electron chi connectivity index (χ3n) is 2.77. The lowest BCUT2D eigenvalue weighted by Gasteiger charge is -2.09. The molecule has 108 valence electrons. The van der Waals surface area contributed by atoms with Gasteiger partial charge in [0, 0.05) is 13.1 Å². The van der Waals surface area contributed by atoms with Gasteiger partial charge in [0.15, 0.2) is 0 Å². The Morgan fingerprint density at radius 3 is 2.55 bits per heavy atom. The SMILES string of the molecule is Cc1ccc(S(=O)(=O)NCCNC(=O)CC#N)cc1C. The van der Waals surface area contributed by atoms with E-state index < -0.39 is 15.9 Å². The van der Waals surface area contributed by atoms with Crippen LogP contribution in [0.4, 0.5) is 0 Å². The molecule has 0 saturated carbocycles. The van der Waals surface area contributed by atoms with E-state index in [-0.39, 0.29) is 24.4 Å². The van der Waals surface area contributed by atoms with Gasteiger partial charge in [0.1, 0.15) is 6.42 Å². The van der Waals surface area contributed by atoms with Crippen molar-refractivity contribution in [2.45, 2.75) is 25.2 Å². The first kappa shape index (κ1) is 16.1. The van der Waals surface area contributed by atoms with E-state index in [2.05, 4.69) is 10.0 Å². The minimum Gasteiger partial charge on any atom is -0.354 e. The van der Waals surface area contributed by atoms with Gasteiger partial charge >= 0.3 is 0 Å². The quantitative estimate of drug-likeness (QED) is 0.751. The van der Waals surface area contributed by atoms with Crippen molar-refractivity contribution in [3.63, 3.8) is 0 Å².